The standard InChI is InChI=1S/C9H13N3O2/c1-2-14-9-7(4-3-5-11-9)12-8(13)6-10/h3-5H,2,6,10H2,1H3,(H,12,13). The summed E-state index contributed by atoms with van der Waals surface area (Å²) in [6.45, 7) is 2.30. The van der Waals surface area contributed by atoms with Crippen molar-refractivity contribution in [2.24, 2.45) is 5.73 Å². The molecule has 1 rings (SSSR count). The number of hydrogen-bond acceptors (Lipinski definition) is 4. The molecule has 3 N–H and O–H groups in total. The predicted molar refractivity (Wildman–Crippen MR) is 53.1 cm³/mol. The number of anilines is 1. The van der Waals surface area contributed by atoms with Crippen LogP contribution in [0.5, 0.6) is 5.88 Å². The molecule has 0 aliphatic carbocycles. The Morgan fingerprint density at radius 2 is 2.50 bits per heavy atom. The van der Waals surface area contributed by atoms with Crippen LogP contribution in [0.3, 0.4) is 0 Å². The second-order valence-corrected chi connectivity index (χ2v) is 2.54. The summed E-state index contributed by atoms with van der Waals surface area (Å²) in [5.41, 5.74) is 5.72. The molecule has 0 unspecified atom stereocenters. The Bertz CT molecular complexity index is 315. The van der Waals surface area contributed by atoms with E-state index >= 15 is 0 Å². The third-order valence-corrected chi connectivity index (χ3v) is 1.51. The lowest BCUT2D eigenvalue weighted by Crippen LogP contribution is -2.22. The Balaban J connectivity index is 2.78. The Kier molecular flexibility index (Phi) is 3.87. The molecule has 0 aliphatic rings. The van der Waals surface area contributed by atoms with Gasteiger partial charge in [0, 0.05) is 6.20 Å². The average Bonchev–Trinajstić information content (AvgIpc) is 2.21. The fourth-order valence-electron chi connectivity index (χ4n) is 0.939. The smallest absolute Gasteiger partial charge is 0.238 e. The molecular weight excluding hydrogens is 182 g/mol. The van der Waals surface area contributed by atoms with Gasteiger partial charge < -0.3 is 15.8 Å². The summed E-state index contributed by atoms with van der Waals surface area (Å²) in [5.74, 6) is 0.149. The summed E-state index contributed by atoms with van der Waals surface area (Å²) in [7, 11) is 0. The maximum atomic E-state index is 11.0. The van der Waals surface area contributed by atoms with Crippen LogP contribution in [0.2, 0.25) is 0 Å². The van der Waals surface area contributed by atoms with Crippen LogP contribution < -0.4 is 15.8 Å². The highest BCUT2D eigenvalue weighted by Crippen LogP contribution is 2.19. The van der Waals surface area contributed by atoms with E-state index in [1.807, 2.05) is 6.92 Å². The van der Waals surface area contributed by atoms with E-state index in [0.29, 0.717) is 18.2 Å². The number of hydrogen-bond donors (Lipinski definition) is 2. The molecule has 1 amide bonds. The number of carbonyl (C=O) groups is 1. The van der Waals surface area contributed by atoms with E-state index in [-0.39, 0.29) is 12.5 Å². The summed E-state index contributed by atoms with van der Waals surface area (Å²) in [5, 5.41) is 2.59. The highest BCUT2D eigenvalue weighted by molar-refractivity contribution is 5.93. The van der Waals surface area contributed by atoms with Gasteiger partial charge in [-0.3, -0.25) is 4.79 Å². The molecule has 0 aromatic carbocycles. The van der Waals surface area contributed by atoms with E-state index in [2.05, 4.69) is 10.3 Å². The fourth-order valence-corrected chi connectivity index (χ4v) is 0.939. The number of nitrogens with two attached hydrogens (primary N) is 1. The van der Waals surface area contributed by atoms with Crippen LogP contribution in [0.15, 0.2) is 18.3 Å². The summed E-state index contributed by atoms with van der Waals surface area (Å²) < 4.78 is 5.22. The molecule has 1 heterocycles. The second-order valence-electron chi connectivity index (χ2n) is 2.54. The van der Waals surface area contributed by atoms with Gasteiger partial charge in [-0.25, -0.2) is 4.98 Å². The summed E-state index contributed by atoms with van der Waals surface area (Å²) in [6.07, 6.45) is 1.60. The van der Waals surface area contributed by atoms with Crippen LogP contribution >= 0.6 is 0 Å². The molecule has 0 spiro atoms. The zero-order chi connectivity index (χ0) is 10.4. The molecule has 0 bridgehead atoms. The molecule has 1 aromatic rings. The normalized spacial score (nSPS) is 9.57. The number of nitrogens with one attached hydrogen (secondary N) is 1. The Morgan fingerprint density at radius 3 is 3.14 bits per heavy atom. The number of rotatable bonds is 4. The van der Waals surface area contributed by atoms with Crippen molar-refractivity contribution in [3.8, 4) is 5.88 Å². The van der Waals surface area contributed by atoms with Crippen molar-refractivity contribution in [1.29, 1.82) is 0 Å². The minimum absolute atomic E-state index is 0.0551. The van der Waals surface area contributed by atoms with Gasteiger partial charge in [-0.15, -0.1) is 0 Å². The van der Waals surface area contributed by atoms with Crippen molar-refractivity contribution in [2.75, 3.05) is 18.5 Å². The van der Waals surface area contributed by atoms with Gasteiger partial charge in [-0.05, 0) is 19.1 Å². The first kappa shape index (κ1) is 10.5. The van der Waals surface area contributed by atoms with Gasteiger partial charge in [0.05, 0.1) is 13.2 Å². The van der Waals surface area contributed by atoms with E-state index in [1.165, 1.54) is 0 Å². The number of ether oxygens (including phenoxy) is 1. The molecule has 0 saturated heterocycles. The van der Waals surface area contributed by atoms with Crippen LogP contribution in [0.1, 0.15) is 6.92 Å². The second kappa shape index (κ2) is 5.18. The molecule has 0 radical (unpaired) electrons. The highest BCUT2D eigenvalue weighted by atomic mass is 16.5. The van der Waals surface area contributed by atoms with Crippen molar-refractivity contribution in [3.05, 3.63) is 18.3 Å². The van der Waals surface area contributed by atoms with Crippen LogP contribution in [0.25, 0.3) is 0 Å². The highest BCUT2D eigenvalue weighted by Gasteiger charge is 2.06. The molecule has 0 atom stereocenters. The van der Waals surface area contributed by atoms with Gasteiger partial charge in [0.1, 0.15) is 5.69 Å². The number of carbonyl (C=O) groups excluding carboxylic acids is 1. The third-order valence-electron chi connectivity index (χ3n) is 1.51. The van der Waals surface area contributed by atoms with E-state index in [0.717, 1.165) is 0 Å². The van der Waals surface area contributed by atoms with Crippen molar-refractivity contribution < 1.29 is 9.53 Å². The quantitative estimate of drug-likeness (QED) is 0.728. The number of nitrogens with zero attached hydrogens (tertiary/aromatic N) is 1. The van der Waals surface area contributed by atoms with E-state index in [4.69, 9.17) is 10.5 Å². The first-order chi connectivity index (χ1) is 6.77. The lowest BCUT2D eigenvalue weighted by atomic mass is 10.4. The summed E-state index contributed by atoms with van der Waals surface area (Å²) in [6, 6.07) is 3.43. The maximum Gasteiger partial charge on any atom is 0.238 e. The molecule has 5 nitrogen and oxygen atoms in total. The fraction of sp³-hybridized carbons (Fsp3) is 0.333. The molecule has 76 valence electrons. The first-order valence-corrected chi connectivity index (χ1v) is 4.35. The molecule has 0 fully saturated rings. The molecular formula is C9H13N3O2. The summed E-state index contributed by atoms with van der Waals surface area (Å²) >= 11 is 0. The topological polar surface area (TPSA) is 77.2 Å². The van der Waals surface area contributed by atoms with Crippen LogP contribution in [0.4, 0.5) is 5.69 Å². The van der Waals surface area contributed by atoms with Crippen LogP contribution in [0, 0.1) is 0 Å². The first-order valence-electron chi connectivity index (χ1n) is 4.35. The molecule has 5 heteroatoms. The Labute approximate surface area is 82.3 Å². The lowest BCUT2D eigenvalue weighted by Gasteiger charge is -2.08. The van der Waals surface area contributed by atoms with Crippen molar-refractivity contribution in [1.82, 2.24) is 4.98 Å². The van der Waals surface area contributed by atoms with Crippen molar-refractivity contribution >= 4 is 11.6 Å². The number of amides is 1. The van der Waals surface area contributed by atoms with E-state index in [1.54, 1.807) is 18.3 Å². The number of aromatic nitrogens is 1. The van der Waals surface area contributed by atoms with E-state index < -0.39 is 0 Å². The van der Waals surface area contributed by atoms with Crippen LogP contribution in [-0.2, 0) is 4.79 Å². The van der Waals surface area contributed by atoms with E-state index in [9.17, 15) is 4.79 Å². The Morgan fingerprint density at radius 1 is 1.71 bits per heavy atom. The van der Waals surface area contributed by atoms with Gasteiger partial charge in [-0.2, -0.15) is 0 Å². The van der Waals surface area contributed by atoms with Gasteiger partial charge in [0.15, 0.2) is 0 Å². The zero-order valence-electron chi connectivity index (χ0n) is 7.99. The monoisotopic (exact) mass is 195 g/mol. The van der Waals surface area contributed by atoms with Gasteiger partial charge in [-0.1, -0.05) is 0 Å². The minimum atomic E-state index is -0.265. The summed E-state index contributed by atoms with van der Waals surface area (Å²) in [4.78, 5) is 15.0. The number of pyridine rings is 1. The van der Waals surface area contributed by atoms with Crippen LogP contribution in [-0.4, -0.2) is 24.0 Å². The SMILES string of the molecule is CCOc1ncccc1NC(=O)CN. The Hall–Kier alpha value is -1.62. The molecule has 0 aliphatic heterocycles. The average molecular weight is 195 g/mol. The lowest BCUT2D eigenvalue weighted by molar-refractivity contribution is -0.114. The minimum Gasteiger partial charge on any atom is -0.476 e. The van der Waals surface area contributed by atoms with Gasteiger partial charge >= 0.3 is 0 Å². The van der Waals surface area contributed by atoms with Crippen molar-refractivity contribution in [3.63, 3.8) is 0 Å². The molecule has 14 heavy (non-hydrogen) atoms. The van der Waals surface area contributed by atoms with Gasteiger partial charge in [0.2, 0.25) is 11.8 Å². The molecule has 1 aromatic heterocycles. The molecule has 0 saturated carbocycles. The predicted octanol–water partition coefficient (Wildman–Crippen LogP) is 0.378. The van der Waals surface area contributed by atoms with Crippen molar-refractivity contribution in [2.45, 2.75) is 6.92 Å². The zero-order valence-corrected chi connectivity index (χ0v) is 7.99. The van der Waals surface area contributed by atoms with Gasteiger partial charge in [0.25, 0.3) is 0 Å². The third kappa shape index (κ3) is 2.70. The maximum absolute atomic E-state index is 11.0. The largest absolute Gasteiger partial charge is 0.476 e.